The summed E-state index contributed by atoms with van der Waals surface area (Å²) in [5.74, 6) is -0.304. The molecule has 0 spiro atoms. The van der Waals surface area contributed by atoms with Crippen LogP contribution in [0.25, 0.3) is 0 Å². The fourth-order valence-corrected chi connectivity index (χ4v) is 6.16. The first-order valence-corrected chi connectivity index (χ1v) is 14.1. The Labute approximate surface area is 231 Å². The van der Waals surface area contributed by atoms with E-state index in [4.69, 9.17) is 46.4 Å². The Morgan fingerprint density at radius 1 is 0.806 bits per heavy atom. The molecule has 4 rings (SSSR count). The molecule has 1 amide bonds. The normalized spacial score (nSPS) is 14.4. The van der Waals surface area contributed by atoms with E-state index in [2.05, 4.69) is 4.90 Å². The van der Waals surface area contributed by atoms with Gasteiger partial charge < -0.3 is 9.80 Å². The summed E-state index contributed by atoms with van der Waals surface area (Å²) < 4.78 is 28.2. The Hall–Kier alpha value is -2.00. The third kappa shape index (κ3) is 6.28. The molecule has 1 aliphatic rings. The molecule has 36 heavy (non-hydrogen) atoms. The van der Waals surface area contributed by atoms with Crippen molar-refractivity contribution in [1.82, 2.24) is 9.21 Å². The van der Waals surface area contributed by atoms with Gasteiger partial charge in [-0.25, -0.2) is 8.42 Å². The number of carbonyl (C=O) groups excluding carboxylic acids is 1. The predicted molar refractivity (Wildman–Crippen MR) is 146 cm³/mol. The highest BCUT2D eigenvalue weighted by Gasteiger charge is 2.31. The van der Waals surface area contributed by atoms with Crippen molar-refractivity contribution in [3.63, 3.8) is 0 Å². The molecule has 1 aliphatic heterocycles. The van der Waals surface area contributed by atoms with E-state index < -0.39 is 10.0 Å². The zero-order valence-electron chi connectivity index (χ0n) is 19.1. The zero-order valence-corrected chi connectivity index (χ0v) is 22.9. The van der Waals surface area contributed by atoms with E-state index >= 15 is 0 Å². The second-order valence-corrected chi connectivity index (χ2v) is 11.9. The summed E-state index contributed by atoms with van der Waals surface area (Å²) in [6, 6.07) is 18.3. The lowest BCUT2D eigenvalue weighted by atomic mass is 10.2. The van der Waals surface area contributed by atoms with Gasteiger partial charge in [-0.2, -0.15) is 4.31 Å². The van der Waals surface area contributed by atoms with Crippen molar-refractivity contribution >= 4 is 68.0 Å². The molecule has 1 saturated heterocycles. The van der Waals surface area contributed by atoms with Gasteiger partial charge in [-0.3, -0.25) is 4.79 Å². The molecule has 0 atom stereocenters. The van der Waals surface area contributed by atoms with Crippen molar-refractivity contribution < 1.29 is 13.2 Å². The molecule has 11 heteroatoms. The van der Waals surface area contributed by atoms with Crippen molar-refractivity contribution in [2.45, 2.75) is 11.4 Å². The third-order valence-electron chi connectivity index (χ3n) is 5.96. The van der Waals surface area contributed by atoms with E-state index in [0.29, 0.717) is 51.8 Å². The molecule has 0 aliphatic carbocycles. The molecule has 1 fully saturated rings. The summed E-state index contributed by atoms with van der Waals surface area (Å²) >= 11 is 24.7. The summed E-state index contributed by atoms with van der Waals surface area (Å²) in [5, 5.41) is 1.69. The molecule has 0 saturated carbocycles. The van der Waals surface area contributed by atoms with Crippen LogP contribution in [0.1, 0.15) is 5.56 Å². The summed E-state index contributed by atoms with van der Waals surface area (Å²) in [5.41, 5.74) is 1.41. The fourth-order valence-electron chi connectivity index (χ4n) is 3.98. The molecule has 0 radical (unpaired) electrons. The van der Waals surface area contributed by atoms with Crippen LogP contribution < -0.4 is 4.90 Å². The van der Waals surface area contributed by atoms with E-state index in [1.807, 2.05) is 24.3 Å². The van der Waals surface area contributed by atoms with Crippen LogP contribution in [0, 0.1) is 0 Å². The van der Waals surface area contributed by atoms with E-state index in [-0.39, 0.29) is 23.9 Å². The Bertz CT molecular complexity index is 1320. The van der Waals surface area contributed by atoms with Gasteiger partial charge in [0.2, 0.25) is 15.9 Å². The second kappa shape index (κ2) is 11.6. The molecule has 6 nitrogen and oxygen atoms in total. The Balaban J connectivity index is 1.54. The molecule has 0 aromatic heterocycles. The minimum absolute atomic E-state index is 0.0219. The molecule has 1 heterocycles. The summed E-state index contributed by atoms with van der Waals surface area (Å²) in [6.45, 7) is 1.60. The topological polar surface area (TPSA) is 60.9 Å². The van der Waals surface area contributed by atoms with Gasteiger partial charge in [-0.1, -0.05) is 58.5 Å². The fraction of sp³-hybridized carbons (Fsp3) is 0.240. The molecule has 0 unspecified atom stereocenters. The maximum Gasteiger partial charge on any atom is 0.243 e. The number of halogens is 4. The number of piperazine rings is 1. The summed E-state index contributed by atoms with van der Waals surface area (Å²) in [6.07, 6.45) is 0. The Morgan fingerprint density at radius 3 is 2.03 bits per heavy atom. The molecule has 0 N–H and O–H groups in total. The monoisotopic (exact) mass is 585 g/mol. The molecule has 3 aromatic carbocycles. The van der Waals surface area contributed by atoms with Crippen molar-refractivity contribution in [1.29, 1.82) is 0 Å². The van der Waals surface area contributed by atoms with Gasteiger partial charge in [-0.05, 0) is 54.6 Å². The van der Waals surface area contributed by atoms with Crippen molar-refractivity contribution in [3.8, 4) is 0 Å². The first kappa shape index (κ1) is 27.0. The maximum atomic E-state index is 13.6. The lowest BCUT2D eigenvalue weighted by molar-refractivity contribution is -0.131. The largest absolute Gasteiger partial charge is 0.368 e. The van der Waals surface area contributed by atoms with Crippen LogP contribution in [0.5, 0.6) is 0 Å². The number of hydrogen-bond donors (Lipinski definition) is 0. The quantitative estimate of drug-likeness (QED) is 0.349. The van der Waals surface area contributed by atoms with E-state index in [9.17, 15) is 13.2 Å². The lowest BCUT2D eigenvalue weighted by Crippen LogP contribution is -2.51. The zero-order chi connectivity index (χ0) is 25.9. The number of benzene rings is 3. The van der Waals surface area contributed by atoms with Gasteiger partial charge in [0.05, 0.1) is 11.4 Å². The number of amides is 1. The van der Waals surface area contributed by atoms with E-state index in [1.165, 1.54) is 24.3 Å². The number of rotatable bonds is 7. The average Bonchev–Trinajstić information content (AvgIpc) is 2.86. The van der Waals surface area contributed by atoms with Crippen LogP contribution in [0.3, 0.4) is 0 Å². The van der Waals surface area contributed by atoms with Gasteiger partial charge in [0.15, 0.2) is 0 Å². The third-order valence-corrected chi connectivity index (χ3v) is 8.97. The molecule has 0 bridgehead atoms. The van der Waals surface area contributed by atoms with Crippen LogP contribution in [0.2, 0.25) is 20.1 Å². The minimum Gasteiger partial charge on any atom is -0.368 e. The molecular weight excluding hydrogens is 564 g/mol. The van der Waals surface area contributed by atoms with Crippen LogP contribution in [-0.4, -0.2) is 56.3 Å². The maximum absolute atomic E-state index is 13.6. The average molecular weight is 587 g/mol. The predicted octanol–water partition coefficient (Wildman–Crippen LogP) is 5.84. The van der Waals surface area contributed by atoms with Crippen molar-refractivity contribution in [2.24, 2.45) is 0 Å². The standard InChI is InChI=1S/C25H23Cl4N3O3S/c26-18-7-9-21(10-8-18)36(34,35)32(16-22-23(28)5-2-6-24(22)29)17-25(33)31-13-11-30(12-14-31)20-4-1-3-19(27)15-20/h1-10,15H,11-14,16-17H2. The van der Waals surface area contributed by atoms with Gasteiger partial charge in [-0.15, -0.1) is 0 Å². The lowest BCUT2D eigenvalue weighted by Gasteiger charge is -2.37. The Kier molecular flexibility index (Phi) is 8.71. The van der Waals surface area contributed by atoms with Crippen molar-refractivity contribution in [2.75, 3.05) is 37.6 Å². The van der Waals surface area contributed by atoms with E-state index in [1.54, 1.807) is 23.1 Å². The number of carbonyl (C=O) groups is 1. The van der Waals surface area contributed by atoms with Crippen LogP contribution in [-0.2, 0) is 21.4 Å². The number of hydrogen-bond acceptors (Lipinski definition) is 4. The highest BCUT2D eigenvalue weighted by atomic mass is 35.5. The van der Waals surface area contributed by atoms with Gasteiger partial charge >= 0.3 is 0 Å². The first-order valence-electron chi connectivity index (χ1n) is 11.1. The first-order chi connectivity index (χ1) is 17.1. The Morgan fingerprint density at radius 2 is 1.42 bits per heavy atom. The highest BCUT2D eigenvalue weighted by molar-refractivity contribution is 7.89. The van der Waals surface area contributed by atoms with Crippen LogP contribution in [0.4, 0.5) is 5.69 Å². The number of sulfonamides is 1. The summed E-state index contributed by atoms with van der Waals surface area (Å²) in [7, 11) is -4.06. The van der Waals surface area contributed by atoms with Gasteiger partial charge in [0.1, 0.15) is 0 Å². The highest BCUT2D eigenvalue weighted by Crippen LogP contribution is 2.29. The van der Waals surface area contributed by atoms with Gasteiger partial charge in [0, 0.05) is 64.1 Å². The molecule has 190 valence electrons. The molecular formula is C25H23Cl4N3O3S. The SMILES string of the molecule is O=C(CN(Cc1c(Cl)cccc1Cl)S(=O)(=O)c1ccc(Cl)cc1)N1CCN(c2cccc(Cl)c2)CC1. The van der Waals surface area contributed by atoms with Crippen LogP contribution >= 0.6 is 46.4 Å². The van der Waals surface area contributed by atoms with Gasteiger partial charge in [0.25, 0.3) is 0 Å². The van der Waals surface area contributed by atoms with Crippen molar-refractivity contribution in [3.05, 3.63) is 92.4 Å². The van der Waals surface area contributed by atoms with Crippen LogP contribution in [0.15, 0.2) is 71.6 Å². The number of anilines is 1. The molecule has 3 aromatic rings. The van der Waals surface area contributed by atoms with E-state index in [0.717, 1.165) is 9.99 Å². The summed E-state index contributed by atoms with van der Waals surface area (Å²) in [4.78, 5) is 17.1. The second-order valence-electron chi connectivity index (χ2n) is 8.27. The smallest absolute Gasteiger partial charge is 0.243 e. The minimum atomic E-state index is -4.06. The number of nitrogens with zero attached hydrogens (tertiary/aromatic N) is 3.